The van der Waals surface area contributed by atoms with Crippen LogP contribution >= 0.6 is 0 Å². The van der Waals surface area contributed by atoms with Gasteiger partial charge in [0, 0.05) is 37.8 Å². The lowest BCUT2D eigenvalue weighted by molar-refractivity contribution is 0.0709. The Balaban J connectivity index is 1.46. The number of phenolic OH excluding ortho intramolecular Hbond substituents is 1. The van der Waals surface area contributed by atoms with E-state index < -0.39 is 0 Å². The van der Waals surface area contributed by atoms with Crippen molar-refractivity contribution >= 4 is 11.8 Å². The Bertz CT molecular complexity index is 926. The van der Waals surface area contributed by atoms with Crippen molar-refractivity contribution in [3.8, 4) is 5.75 Å². The minimum atomic E-state index is -0.111. The number of fused-ring (bicyclic) bond motifs is 3. The fourth-order valence-electron chi connectivity index (χ4n) is 4.36. The number of carbonyl (C=O) groups is 2. The first-order valence-electron chi connectivity index (χ1n) is 9.16. The van der Waals surface area contributed by atoms with Gasteiger partial charge in [-0.15, -0.1) is 0 Å². The largest absolute Gasteiger partial charge is 0.508 e. The minimum Gasteiger partial charge on any atom is -0.508 e. The molecule has 0 bridgehead atoms. The summed E-state index contributed by atoms with van der Waals surface area (Å²) in [4.78, 5) is 27.2. The van der Waals surface area contributed by atoms with E-state index in [-0.39, 0.29) is 23.0 Å². The van der Waals surface area contributed by atoms with E-state index in [1.165, 1.54) is 5.56 Å². The molecule has 134 valence electrons. The lowest BCUT2D eigenvalue weighted by atomic mass is 9.86. The van der Waals surface area contributed by atoms with Gasteiger partial charge in [0.15, 0.2) is 0 Å². The number of phenols is 1. The Kier molecular flexibility index (Phi) is 3.20. The van der Waals surface area contributed by atoms with Crippen LogP contribution in [-0.4, -0.2) is 39.5 Å². The molecular weight excluding hydrogens is 330 g/mol. The highest BCUT2D eigenvalue weighted by molar-refractivity contribution is 5.99. The number of nitrogens with zero attached hydrogens (tertiary/aromatic N) is 2. The smallest absolute Gasteiger partial charge is 0.267 e. The van der Waals surface area contributed by atoms with Gasteiger partial charge in [-0.05, 0) is 48.6 Å². The molecule has 2 aromatic rings. The van der Waals surface area contributed by atoms with E-state index in [0.29, 0.717) is 30.9 Å². The van der Waals surface area contributed by atoms with Crippen molar-refractivity contribution in [1.29, 1.82) is 0 Å². The second-order valence-corrected chi connectivity index (χ2v) is 7.70. The molecular formula is C20H21N3O3. The number of hydrogen-bond donors (Lipinski definition) is 2. The van der Waals surface area contributed by atoms with Crippen LogP contribution in [0.5, 0.6) is 5.75 Å². The van der Waals surface area contributed by atoms with E-state index in [9.17, 15) is 14.7 Å². The summed E-state index contributed by atoms with van der Waals surface area (Å²) in [5.74, 6) is 0.153. The van der Waals surface area contributed by atoms with Gasteiger partial charge in [-0.3, -0.25) is 9.59 Å². The molecule has 6 nitrogen and oxygen atoms in total. The number of rotatable bonds is 1. The number of aryl methyl sites for hydroxylation is 1. The topological polar surface area (TPSA) is 74.6 Å². The molecule has 0 saturated heterocycles. The highest BCUT2D eigenvalue weighted by atomic mass is 16.3. The third-order valence-electron chi connectivity index (χ3n) is 5.90. The van der Waals surface area contributed by atoms with Gasteiger partial charge in [0.05, 0.1) is 5.56 Å². The summed E-state index contributed by atoms with van der Waals surface area (Å²) in [5.41, 5.74) is 3.44. The molecule has 1 aliphatic carbocycles. The van der Waals surface area contributed by atoms with Gasteiger partial charge in [0.1, 0.15) is 11.4 Å². The average Bonchev–Trinajstić information content (AvgIpc) is 3.31. The second-order valence-electron chi connectivity index (χ2n) is 7.70. The molecule has 0 atom stereocenters. The monoisotopic (exact) mass is 351 g/mol. The zero-order chi connectivity index (χ0) is 17.9. The second kappa shape index (κ2) is 5.37. The van der Waals surface area contributed by atoms with E-state index >= 15 is 0 Å². The summed E-state index contributed by atoms with van der Waals surface area (Å²) in [6.07, 6.45) is 4.77. The first-order chi connectivity index (χ1) is 12.6. The Morgan fingerprint density at radius 2 is 2.08 bits per heavy atom. The molecule has 0 radical (unpaired) electrons. The first kappa shape index (κ1) is 15.5. The zero-order valence-electron chi connectivity index (χ0n) is 14.5. The summed E-state index contributed by atoms with van der Waals surface area (Å²) in [5, 5.41) is 12.7. The van der Waals surface area contributed by atoms with Gasteiger partial charge in [-0.2, -0.15) is 0 Å². The molecule has 26 heavy (non-hydrogen) atoms. The predicted octanol–water partition coefficient (Wildman–Crippen LogP) is 2.01. The predicted molar refractivity (Wildman–Crippen MR) is 95.1 cm³/mol. The maximum atomic E-state index is 13.1. The molecule has 1 aromatic carbocycles. The Hall–Kier alpha value is -2.76. The Morgan fingerprint density at radius 1 is 1.23 bits per heavy atom. The van der Waals surface area contributed by atoms with Crippen LogP contribution in [0.2, 0.25) is 0 Å². The molecule has 2 N–H and O–H groups in total. The average molecular weight is 351 g/mol. The van der Waals surface area contributed by atoms with Crippen molar-refractivity contribution in [3.05, 3.63) is 52.8 Å². The van der Waals surface area contributed by atoms with Crippen molar-refractivity contribution in [3.63, 3.8) is 0 Å². The molecule has 1 saturated carbocycles. The highest BCUT2D eigenvalue weighted by Gasteiger charge is 2.50. The van der Waals surface area contributed by atoms with Crippen LogP contribution in [0.1, 0.15) is 51.2 Å². The molecule has 1 aromatic heterocycles. The van der Waals surface area contributed by atoms with Gasteiger partial charge in [0.25, 0.3) is 11.8 Å². The standard InChI is InChI=1S/C20H21N3O3/c24-15-3-2-13-10-23(12-20(4-5-20)16(13)9-15)19(26)14-8-17-18(25)21-6-1-7-22(17)11-14/h2-3,8-9,11,24H,1,4-7,10,12H2,(H,21,25). The molecule has 2 aliphatic heterocycles. The lowest BCUT2D eigenvalue weighted by Gasteiger charge is -2.35. The SMILES string of the molecule is O=C1NCCCn2cc(C(=O)N3Cc4ccc(O)cc4C4(CC4)C3)cc21. The number of amides is 2. The van der Waals surface area contributed by atoms with Crippen LogP contribution in [0.4, 0.5) is 0 Å². The molecule has 0 unspecified atom stereocenters. The van der Waals surface area contributed by atoms with Gasteiger partial charge >= 0.3 is 0 Å². The minimum absolute atomic E-state index is 0.00378. The number of hydrogen-bond acceptors (Lipinski definition) is 3. The van der Waals surface area contributed by atoms with E-state index in [1.807, 2.05) is 27.8 Å². The number of aromatic hydroxyl groups is 1. The third kappa shape index (κ3) is 2.32. The molecule has 2 amide bonds. The Labute approximate surface area is 151 Å². The van der Waals surface area contributed by atoms with Crippen LogP contribution in [0, 0.1) is 0 Å². The quantitative estimate of drug-likeness (QED) is 0.825. The maximum absolute atomic E-state index is 13.1. The third-order valence-corrected chi connectivity index (χ3v) is 5.90. The molecule has 3 aliphatic rings. The summed E-state index contributed by atoms with van der Waals surface area (Å²) < 4.78 is 1.89. The Morgan fingerprint density at radius 3 is 2.88 bits per heavy atom. The fourth-order valence-corrected chi connectivity index (χ4v) is 4.36. The van der Waals surface area contributed by atoms with Crippen LogP contribution in [0.3, 0.4) is 0 Å². The fraction of sp³-hybridized carbons (Fsp3) is 0.400. The van der Waals surface area contributed by atoms with Crippen LogP contribution < -0.4 is 5.32 Å². The van der Waals surface area contributed by atoms with Gasteiger partial charge in [-0.25, -0.2) is 0 Å². The van der Waals surface area contributed by atoms with Crippen LogP contribution in [-0.2, 0) is 18.5 Å². The molecule has 5 rings (SSSR count). The highest BCUT2D eigenvalue weighted by Crippen LogP contribution is 2.53. The van der Waals surface area contributed by atoms with Crippen molar-refractivity contribution in [2.75, 3.05) is 13.1 Å². The van der Waals surface area contributed by atoms with E-state index in [4.69, 9.17) is 0 Å². The summed E-state index contributed by atoms with van der Waals surface area (Å²) in [6.45, 7) is 2.63. The van der Waals surface area contributed by atoms with Gasteiger partial charge in [0.2, 0.25) is 0 Å². The first-order valence-corrected chi connectivity index (χ1v) is 9.16. The number of benzene rings is 1. The van der Waals surface area contributed by atoms with E-state index in [2.05, 4.69) is 5.32 Å². The van der Waals surface area contributed by atoms with Crippen molar-refractivity contribution in [1.82, 2.24) is 14.8 Å². The molecule has 6 heteroatoms. The van der Waals surface area contributed by atoms with Crippen LogP contribution in [0.25, 0.3) is 0 Å². The molecule has 1 fully saturated rings. The number of nitrogens with one attached hydrogen (secondary N) is 1. The van der Waals surface area contributed by atoms with Crippen molar-refractivity contribution < 1.29 is 14.7 Å². The normalized spacial score (nSPS) is 20.2. The lowest BCUT2D eigenvalue weighted by Crippen LogP contribution is -2.41. The molecule has 1 spiro atoms. The zero-order valence-corrected chi connectivity index (χ0v) is 14.5. The maximum Gasteiger partial charge on any atom is 0.267 e. The van der Waals surface area contributed by atoms with Crippen molar-refractivity contribution in [2.45, 2.75) is 37.8 Å². The van der Waals surface area contributed by atoms with E-state index in [1.54, 1.807) is 12.1 Å². The van der Waals surface area contributed by atoms with Gasteiger partial charge in [-0.1, -0.05) is 6.07 Å². The summed E-state index contributed by atoms with van der Waals surface area (Å²) in [7, 11) is 0. The summed E-state index contributed by atoms with van der Waals surface area (Å²) >= 11 is 0. The van der Waals surface area contributed by atoms with E-state index in [0.717, 1.165) is 31.4 Å². The van der Waals surface area contributed by atoms with Crippen LogP contribution in [0.15, 0.2) is 30.5 Å². The number of carbonyl (C=O) groups excluding carboxylic acids is 2. The van der Waals surface area contributed by atoms with Crippen molar-refractivity contribution in [2.24, 2.45) is 0 Å². The van der Waals surface area contributed by atoms with Gasteiger partial charge < -0.3 is 19.9 Å². The molecule has 3 heterocycles. The number of aromatic nitrogens is 1. The summed E-state index contributed by atoms with van der Waals surface area (Å²) in [6, 6.07) is 7.18.